The Hall–Kier alpha value is -4.25. The lowest BCUT2D eigenvalue weighted by molar-refractivity contribution is -0.139. The van der Waals surface area contributed by atoms with E-state index < -0.39 is 30.3 Å². The van der Waals surface area contributed by atoms with E-state index in [0.29, 0.717) is 5.16 Å². The molecule has 11 heteroatoms. The van der Waals surface area contributed by atoms with Gasteiger partial charge in [0.2, 0.25) is 5.16 Å². The maximum Gasteiger partial charge on any atom is 0.408 e. The van der Waals surface area contributed by atoms with Gasteiger partial charge in [-0.15, -0.1) is 5.10 Å². The van der Waals surface area contributed by atoms with Gasteiger partial charge in [-0.1, -0.05) is 60.7 Å². The van der Waals surface area contributed by atoms with Gasteiger partial charge in [-0.2, -0.15) is 0 Å². The van der Waals surface area contributed by atoms with Crippen molar-refractivity contribution < 1.29 is 24.2 Å². The Morgan fingerprint density at radius 3 is 2.51 bits per heavy atom. The molecule has 35 heavy (non-hydrogen) atoms. The number of carbonyl (C=O) groups is 3. The van der Waals surface area contributed by atoms with Crippen LogP contribution in [0.1, 0.15) is 12.0 Å². The molecule has 178 valence electrons. The summed E-state index contributed by atoms with van der Waals surface area (Å²) in [6.07, 6.45) is -1.50. The zero-order valence-electron chi connectivity index (χ0n) is 18.4. The highest BCUT2D eigenvalue weighted by Crippen LogP contribution is 2.28. The molecule has 1 aromatic heterocycles. The molecule has 1 atom stereocenters. The van der Waals surface area contributed by atoms with Crippen molar-refractivity contribution in [2.75, 3.05) is 0 Å². The van der Waals surface area contributed by atoms with Crippen molar-refractivity contribution in [2.45, 2.75) is 35.7 Å². The Bertz CT molecular complexity index is 1340. The molecule has 0 radical (unpaired) electrons. The number of carboxylic acids is 1. The fraction of sp³-hybridized carbons (Fsp3) is 0.167. The number of rotatable bonds is 10. The van der Waals surface area contributed by atoms with Gasteiger partial charge < -0.3 is 15.2 Å². The number of benzene rings is 3. The summed E-state index contributed by atoms with van der Waals surface area (Å²) in [5, 5.41) is 25.5. The SMILES string of the molecule is O=C(O)CC(NC(=O)OCc1ccccc1)C(=O)Cn1nnnc1Sc1ccc2ccccc2c1. The second kappa shape index (κ2) is 11.3. The molecule has 0 aliphatic carbocycles. The van der Waals surface area contributed by atoms with Gasteiger partial charge in [0.1, 0.15) is 19.2 Å². The van der Waals surface area contributed by atoms with E-state index in [9.17, 15) is 19.5 Å². The van der Waals surface area contributed by atoms with Crippen molar-refractivity contribution in [1.82, 2.24) is 25.5 Å². The molecule has 1 heterocycles. The van der Waals surface area contributed by atoms with Gasteiger partial charge in [0.25, 0.3) is 0 Å². The molecule has 1 unspecified atom stereocenters. The summed E-state index contributed by atoms with van der Waals surface area (Å²) in [7, 11) is 0. The zero-order valence-corrected chi connectivity index (χ0v) is 19.2. The summed E-state index contributed by atoms with van der Waals surface area (Å²) in [5.41, 5.74) is 0.757. The summed E-state index contributed by atoms with van der Waals surface area (Å²) >= 11 is 1.27. The normalized spacial score (nSPS) is 11.7. The molecule has 2 N–H and O–H groups in total. The predicted molar refractivity (Wildman–Crippen MR) is 127 cm³/mol. The first kappa shape index (κ1) is 23.9. The van der Waals surface area contributed by atoms with E-state index in [-0.39, 0.29) is 13.2 Å². The summed E-state index contributed by atoms with van der Waals surface area (Å²) in [4.78, 5) is 37.2. The van der Waals surface area contributed by atoms with Crippen molar-refractivity contribution in [2.24, 2.45) is 0 Å². The lowest BCUT2D eigenvalue weighted by Gasteiger charge is -2.16. The predicted octanol–water partition coefficient (Wildman–Crippen LogP) is 3.32. The first-order chi connectivity index (χ1) is 17.0. The number of nitrogens with zero attached hydrogens (tertiary/aromatic N) is 4. The lowest BCUT2D eigenvalue weighted by atomic mass is 10.1. The topological polar surface area (TPSA) is 136 Å². The highest BCUT2D eigenvalue weighted by atomic mass is 32.2. The molecule has 10 nitrogen and oxygen atoms in total. The number of amides is 1. The standard InChI is InChI=1S/C24H21N5O5S/c30-21(20(13-22(31)32)25-24(33)34-15-16-6-2-1-3-7-16)14-29-23(26-27-28-29)35-19-11-10-17-8-4-5-9-18(17)12-19/h1-12,20H,13-15H2,(H,25,33)(H,31,32). The van der Waals surface area contributed by atoms with Gasteiger partial charge in [-0.05, 0) is 50.7 Å². The zero-order chi connectivity index (χ0) is 24.6. The number of carbonyl (C=O) groups excluding carboxylic acids is 2. The molecular formula is C24H21N5O5S. The Morgan fingerprint density at radius 2 is 1.74 bits per heavy atom. The van der Waals surface area contributed by atoms with Crippen LogP contribution in [0.5, 0.6) is 0 Å². The second-order valence-electron chi connectivity index (χ2n) is 7.55. The van der Waals surface area contributed by atoms with Crippen LogP contribution in [0.3, 0.4) is 0 Å². The first-order valence-electron chi connectivity index (χ1n) is 10.6. The quantitative estimate of drug-likeness (QED) is 0.342. The summed E-state index contributed by atoms with van der Waals surface area (Å²) in [6.45, 7) is -0.333. The van der Waals surface area contributed by atoms with Gasteiger partial charge in [0.15, 0.2) is 5.78 Å². The Balaban J connectivity index is 1.41. The molecule has 0 fully saturated rings. The molecule has 3 aromatic carbocycles. The first-order valence-corrected chi connectivity index (χ1v) is 11.4. The summed E-state index contributed by atoms with van der Waals surface area (Å²) in [5.74, 6) is -1.81. The molecule has 0 aliphatic heterocycles. The highest BCUT2D eigenvalue weighted by Gasteiger charge is 2.26. The third-order valence-electron chi connectivity index (χ3n) is 5.01. The summed E-state index contributed by atoms with van der Waals surface area (Å²) < 4.78 is 6.39. The van der Waals surface area contributed by atoms with Crippen LogP contribution in [-0.2, 0) is 27.5 Å². The van der Waals surface area contributed by atoms with Crippen LogP contribution in [0.25, 0.3) is 10.8 Å². The Morgan fingerprint density at radius 1 is 1.00 bits per heavy atom. The average molecular weight is 492 g/mol. The van der Waals surface area contributed by atoms with E-state index in [1.54, 1.807) is 24.3 Å². The number of alkyl carbamates (subject to hydrolysis) is 1. The lowest BCUT2D eigenvalue weighted by Crippen LogP contribution is -2.44. The number of tetrazole rings is 1. The van der Waals surface area contributed by atoms with Crippen molar-refractivity contribution >= 4 is 40.4 Å². The number of nitrogens with one attached hydrogen (secondary N) is 1. The number of aliphatic carboxylic acids is 1. The minimum Gasteiger partial charge on any atom is -0.481 e. The van der Waals surface area contributed by atoms with Crippen LogP contribution in [0.4, 0.5) is 4.79 Å². The van der Waals surface area contributed by atoms with Crippen molar-refractivity contribution in [3.05, 3.63) is 78.4 Å². The number of aromatic nitrogens is 4. The molecule has 0 bridgehead atoms. The highest BCUT2D eigenvalue weighted by molar-refractivity contribution is 7.99. The average Bonchev–Trinajstić information content (AvgIpc) is 3.29. The van der Waals surface area contributed by atoms with Gasteiger partial charge in [0, 0.05) is 4.90 Å². The molecule has 0 saturated carbocycles. The largest absolute Gasteiger partial charge is 0.481 e. The smallest absolute Gasteiger partial charge is 0.408 e. The van der Waals surface area contributed by atoms with Gasteiger partial charge in [-0.3, -0.25) is 9.59 Å². The monoisotopic (exact) mass is 491 g/mol. The van der Waals surface area contributed by atoms with E-state index in [2.05, 4.69) is 20.8 Å². The van der Waals surface area contributed by atoms with Gasteiger partial charge in [0.05, 0.1) is 6.42 Å². The number of fused-ring (bicyclic) bond motifs is 1. The second-order valence-corrected chi connectivity index (χ2v) is 8.59. The van der Waals surface area contributed by atoms with Crippen LogP contribution < -0.4 is 5.32 Å². The molecule has 4 rings (SSSR count). The molecule has 0 saturated heterocycles. The molecule has 4 aromatic rings. The minimum atomic E-state index is -1.31. The van der Waals surface area contributed by atoms with Gasteiger partial charge in [-0.25, -0.2) is 9.48 Å². The van der Waals surface area contributed by atoms with Crippen LogP contribution >= 0.6 is 11.8 Å². The van der Waals surface area contributed by atoms with E-state index in [1.807, 2.05) is 48.5 Å². The van der Waals surface area contributed by atoms with Crippen LogP contribution in [0.2, 0.25) is 0 Å². The van der Waals surface area contributed by atoms with Crippen molar-refractivity contribution in [3.8, 4) is 0 Å². The maximum absolute atomic E-state index is 12.9. The minimum absolute atomic E-state index is 0.0137. The molecule has 0 spiro atoms. The fourth-order valence-electron chi connectivity index (χ4n) is 3.29. The van der Waals surface area contributed by atoms with Crippen LogP contribution in [-0.4, -0.2) is 49.2 Å². The fourth-order valence-corrected chi connectivity index (χ4v) is 4.11. The number of ketones is 1. The third kappa shape index (κ3) is 6.64. The Labute approximate surface area is 204 Å². The number of hydrogen-bond acceptors (Lipinski definition) is 8. The third-order valence-corrected chi connectivity index (χ3v) is 5.97. The van der Waals surface area contributed by atoms with Crippen molar-refractivity contribution in [3.63, 3.8) is 0 Å². The van der Waals surface area contributed by atoms with Crippen LogP contribution in [0.15, 0.2) is 82.8 Å². The van der Waals surface area contributed by atoms with E-state index >= 15 is 0 Å². The number of hydrogen-bond donors (Lipinski definition) is 2. The number of ether oxygens (including phenoxy) is 1. The molecular weight excluding hydrogens is 470 g/mol. The van der Waals surface area contributed by atoms with Gasteiger partial charge >= 0.3 is 12.1 Å². The van der Waals surface area contributed by atoms with E-state index in [1.165, 1.54) is 16.4 Å². The summed E-state index contributed by atoms with van der Waals surface area (Å²) in [6, 6.07) is 21.5. The molecule has 0 aliphatic rings. The Kier molecular flexibility index (Phi) is 7.68. The maximum atomic E-state index is 12.9. The number of carboxylic acid groups (broad SMARTS) is 1. The molecule has 1 amide bonds. The van der Waals surface area contributed by atoms with E-state index in [0.717, 1.165) is 21.2 Å². The number of Topliss-reactive ketones (excluding diaryl/α,β-unsaturated/α-hetero) is 1. The van der Waals surface area contributed by atoms with E-state index in [4.69, 9.17) is 4.74 Å². The van der Waals surface area contributed by atoms with Crippen molar-refractivity contribution in [1.29, 1.82) is 0 Å². The van der Waals surface area contributed by atoms with Crippen LogP contribution in [0, 0.1) is 0 Å².